The maximum absolute atomic E-state index is 9.72. The second kappa shape index (κ2) is 4.24. The van der Waals surface area contributed by atoms with Gasteiger partial charge in [-0.05, 0) is 60.1 Å². The zero-order chi connectivity index (χ0) is 11.9. The van der Waals surface area contributed by atoms with Gasteiger partial charge in [-0.2, -0.15) is 11.8 Å². The van der Waals surface area contributed by atoms with E-state index in [1.807, 2.05) is 12.1 Å². The first kappa shape index (κ1) is 11.5. The molecule has 1 aliphatic carbocycles. The monoisotopic (exact) mass is 248 g/mol. The number of fused-ring (bicyclic) bond motifs is 4. The average Bonchev–Trinajstić information content (AvgIpc) is 2.28. The van der Waals surface area contributed by atoms with E-state index in [2.05, 4.69) is 24.8 Å². The van der Waals surface area contributed by atoms with Crippen LogP contribution < -0.4 is 0 Å². The predicted molar refractivity (Wildman–Crippen MR) is 73.9 cm³/mol. The summed E-state index contributed by atoms with van der Waals surface area (Å²) < 4.78 is 0. The summed E-state index contributed by atoms with van der Waals surface area (Å²) in [5.74, 6) is 1.76. The third kappa shape index (κ3) is 2.08. The van der Waals surface area contributed by atoms with Crippen LogP contribution in [0, 0.1) is 0 Å². The second-order valence-electron chi connectivity index (χ2n) is 5.76. The van der Waals surface area contributed by atoms with Crippen molar-refractivity contribution in [2.24, 2.45) is 0 Å². The lowest BCUT2D eigenvalue weighted by Gasteiger charge is -2.41. The molecule has 92 valence electrons. The molecule has 1 N–H and O–H groups in total. The van der Waals surface area contributed by atoms with Crippen LogP contribution in [0.2, 0.25) is 0 Å². The minimum absolute atomic E-state index is 0.296. The molecule has 2 bridgehead atoms. The van der Waals surface area contributed by atoms with Crippen molar-refractivity contribution in [1.82, 2.24) is 0 Å². The standard InChI is InChI=1S/C15H20OS/c1-15-6-2-3-7-17-13(10-15)8-11-4-5-12(16)9-14(11)15/h4-5,9,13,16H,2-3,6-8,10H2,1H3. The predicted octanol–water partition coefficient (Wildman–Crippen LogP) is 3.88. The van der Waals surface area contributed by atoms with E-state index in [1.54, 1.807) is 0 Å². The molecule has 0 saturated carbocycles. The zero-order valence-electron chi connectivity index (χ0n) is 10.4. The number of phenols is 1. The lowest BCUT2D eigenvalue weighted by molar-refractivity contribution is 0.354. The van der Waals surface area contributed by atoms with Crippen molar-refractivity contribution in [2.75, 3.05) is 5.75 Å². The van der Waals surface area contributed by atoms with E-state index in [0.29, 0.717) is 11.2 Å². The molecule has 2 unspecified atom stereocenters. The molecule has 2 heteroatoms. The van der Waals surface area contributed by atoms with Crippen LogP contribution in [0.3, 0.4) is 0 Å². The minimum atomic E-state index is 0.296. The average molecular weight is 248 g/mol. The maximum Gasteiger partial charge on any atom is 0.115 e. The van der Waals surface area contributed by atoms with Crippen LogP contribution in [0.5, 0.6) is 5.75 Å². The molecule has 3 rings (SSSR count). The van der Waals surface area contributed by atoms with E-state index < -0.39 is 0 Å². The molecule has 1 nitrogen and oxygen atoms in total. The fourth-order valence-corrected chi connectivity index (χ4v) is 4.94. The van der Waals surface area contributed by atoms with Crippen molar-refractivity contribution in [2.45, 2.75) is 49.7 Å². The van der Waals surface area contributed by atoms with Crippen LogP contribution in [-0.4, -0.2) is 16.1 Å². The number of thioether (sulfide) groups is 1. The van der Waals surface area contributed by atoms with Gasteiger partial charge in [-0.25, -0.2) is 0 Å². The number of hydrogen-bond donors (Lipinski definition) is 1. The summed E-state index contributed by atoms with van der Waals surface area (Å²) in [6.45, 7) is 2.39. The van der Waals surface area contributed by atoms with Crippen LogP contribution in [0.1, 0.15) is 43.7 Å². The van der Waals surface area contributed by atoms with Crippen LogP contribution in [0.25, 0.3) is 0 Å². The van der Waals surface area contributed by atoms with Gasteiger partial charge in [0.05, 0.1) is 0 Å². The van der Waals surface area contributed by atoms with Gasteiger partial charge in [-0.1, -0.05) is 19.4 Å². The molecule has 1 fully saturated rings. The number of rotatable bonds is 0. The van der Waals surface area contributed by atoms with Crippen molar-refractivity contribution in [3.05, 3.63) is 29.3 Å². The normalized spacial score (nSPS) is 32.4. The Morgan fingerprint density at radius 3 is 3.12 bits per heavy atom. The molecule has 1 aromatic carbocycles. The van der Waals surface area contributed by atoms with Crippen molar-refractivity contribution in [3.63, 3.8) is 0 Å². The first-order chi connectivity index (χ1) is 8.17. The minimum Gasteiger partial charge on any atom is -0.508 e. The lowest BCUT2D eigenvalue weighted by Crippen LogP contribution is -2.35. The summed E-state index contributed by atoms with van der Waals surface area (Å²) in [5.41, 5.74) is 3.18. The lowest BCUT2D eigenvalue weighted by atomic mass is 9.68. The summed E-state index contributed by atoms with van der Waals surface area (Å²) in [6, 6.07) is 5.99. The van der Waals surface area contributed by atoms with Crippen LogP contribution in [0.15, 0.2) is 18.2 Å². The highest BCUT2D eigenvalue weighted by molar-refractivity contribution is 7.99. The fraction of sp³-hybridized carbons (Fsp3) is 0.600. The van der Waals surface area contributed by atoms with Crippen LogP contribution in [-0.2, 0) is 11.8 Å². The van der Waals surface area contributed by atoms with Gasteiger partial charge in [-0.3, -0.25) is 0 Å². The molecule has 17 heavy (non-hydrogen) atoms. The third-order valence-corrected chi connectivity index (χ3v) is 5.68. The van der Waals surface area contributed by atoms with E-state index in [1.165, 1.54) is 49.0 Å². The zero-order valence-corrected chi connectivity index (χ0v) is 11.2. The van der Waals surface area contributed by atoms with Gasteiger partial charge in [0.2, 0.25) is 0 Å². The molecule has 0 aromatic heterocycles. The Bertz CT molecular complexity index is 429. The Hall–Kier alpha value is -0.630. The fourth-order valence-electron chi connectivity index (χ4n) is 3.46. The SMILES string of the molecule is CC12CCCCSC(Cc3ccc(O)cc31)C2. The third-order valence-electron chi connectivity index (χ3n) is 4.35. The highest BCUT2D eigenvalue weighted by Crippen LogP contribution is 2.46. The molecule has 0 spiro atoms. The Balaban J connectivity index is 2.06. The van der Waals surface area contributed by atoms with Gasteiger partial charge in [0.1, 0.15) is 5.75 Å². The molecule has 2 atom stereocenters. The molecular formula is C15H20OS. The molecule has 2 aliphatic rings. The maximum atomic E-state index is 9.72. The Labute approximate surface area is 108 Å². The summed E-state index contributed by atoms with van der Waals surface area (Å²) in [5, 5.41) is 10.5. The highest BCUT2D eigenvalue weighted by Gasteiger charge is 2.37. The second-order valence-corrected chi connectivity index (χ2v) is 7.17. The van der Waals surface area contributed by atoms with Gasteiger partial charge >= 0.3 is 0 Å². The molecule has 1 aliphatic heterocycles. The Morgan fingerprint density at radius 2 is 2.24 bits per heavy atom. The summed E-state index contributed by atoms with van der Waals surface area (Å²) >= 11 is 2.16. The first-order valence-electron chi connectivity index (χ1n) is 6.61. The Kier molecular flexibility index (Phi) is 2.86. The molecule has 1 heterocycles. The first-order valence-corrected chi connectivity index (χ1v) is 7.66. The summed E-state index contributed by atoms with van der Waals surface area (Å²) in [7, 11) is 0. The van der Waals surface area contributed by atoms with E-state index in [0.717, 1.165) is 5.25 Å². The highest BCUT2D eigenvalue weighted by atomic mass is 32.2. The van der Waals surface area contributed by atoms with E-state index in [-0.39, 0.29) is 0 Å². The van der Waals surface area contributed by atoms with Crippen LogP contribution in [0.4, 0.5) is 0 Å². The van der Waals surface area contributed by atoms with E-state index in [4.69, 9.17) is 0 Å². The van der Waals surface area contributed by atoms with Gasteiger partial charge in [-0.15, -0.1) is 0 Å². The number of hydrogen-bond acceptors (Lipinski definition) is 2. The molecule has 0 radical (unpaired) electrons. The van der Waals surface area contributed by atoms with Crippen molar-refractivity contribution in [1.29, 1.82) is 0 Å². The van der Waals surface area contributed by atoms with Gasteiger partial charge in [0, 0.05) is 5.25 Å². The van der Waals surface area contributed by atoms with Crippen molar-refractivity contribution in [3.8, 4) is 5.75 Å². The molecule has 0 amide bonds. The topological polar surface area (TPSA) is 20.2 Å². The van der Waals surface area contributed by atoms with Crippen molar-refractivity contribution >= 4 is 11.8 Å². The van der Waals surface area contributed by atoms with E-state index in [9.17, 15) is 5.11 Å². The van der Waals surface area contributed by atoms with E-state index >= 15 is 0 Å². The summed E-state index contributed by atoms with van der Waals surface area (Å²) in [4.78, 5) is 0. The smallest absolute Gasteiger partial charge is 0.115 e. The van der Waals surface area contributed by atoms with Crippen LogP contribution >= 0.6 is 11.8 Å². The Morgan fingerprint density at radius 1 is 1.35 bits per heavy atom. The van der Waals surface area contributed by atoms with Gasteiger partial charge in [0.15, 0.2) is 0 Å². The van der Waals surface area contributed by atoms with Gasteiger partial charge in [0.25, 0.3) is 0 Å². The largest absolute Gasteiger partial charge is 0.508 e. The quantitative estimate of drug-likeness (QED) is 0.752. The number of aromatic hydroxyl groups is 1. The van der Waals surface area contributed by atoms with Gasteiger partial charge < -0.3 is 5.11 Å². The molecular weight excluding hydrogens is 228 g/mol. The molecule has 1 saturated heterocycles. The van der Waals surface area contributed by atoms with Crippen molar-refractivity contribution < 1.29 is 5.11 Å². The number of benzene rings is 1. The molecule has 1 aromatic rings. The summed E-state index contributed by atoms with van der Waals surface area (Å²) in [6.07, 6.45) is 6.43. The number of phenolic OH excluding ortho intramolecular Hbond substituents is 1.